The number of esters is 1. The van der Waals surface area contributed by atoms with Crippen LogP contribution in [0.25, 0.3) is 5.57 Å². The van der Waals surface area contributed by atoms with Crippen molar-refractivity contribution in [2.24, 2.45) is 0 Å². The minimum absolute atomic E-state index is 0.116. The van der Waals surface area contributed by atoms with Gasteiger partial charge in [-0.1, -0.05) is 32.9 Å². The summed E-state index contributed by atoms with van der Waals surface area (Å²) in [6.07, 6.45) is 0. The quantitative estimate of drug-likeness (QED) is 0.352. The summed E-state index contributed by atoms with van der Waals surface area (Å²) in [5, 5.41) is 9.43. The number of rotatable bonds is 4. The Morgan fingerprint density at radius 2 is 1.70 bits per heavy atom. The van der Waals surface area contributed by atoms with Crippen LogP contribution in [-0.4, -0.2) is 21.4 Å². The van der Waals surface area contributed by atoms with Gasteiger partial charge < -0.3 is 9.16 Å². The van der Waals surface area contributed by atoms with Crippen molar-refractivity contribution in [3.63, 3.8) is 0 Å². The van der Waals surface area contributed by atoms with Gasteiger partial charge in [0, 0.05) is 0 Å². The Hall–Kier alpha value is -2.06. The van der Waals surface area contributed by atoms with Crippen LogP contribution in [-0.2, 0) is 9.53 Å². The van der Waals surface area contributed by atoms with E-state index in [1.54, 1.807) is 19.1 Å². The van der Waals surface area contributed by atoms with Crippen LogP contribution in [0.1, 0.15) is 33.3 Å². The molecule has 0 saturated carbocycles. The lowest BCUT2D eigenvalue weighted by Crippen LogP contribution is -2.43. The smallest absolute Gasteiger partial charge is 0.334 e. The summed E-state index contributed by atoms with van der Waals surface area (Å²) in [5.41, 5.74) is 1.29. The number of benzene rings is 1. The van der Waals surface area contributed by atoms with Gasteiger partial charge in [0.2, 0.25) is 8.32 Å². The number of carbonyl (C=O) groups excluding carboxylic acids is 1. The van der Waals surface area contributed by atoms with Crippen molar-refractivity contribution in [1.29, 1.82) is 5.26 Å². The van der Waals surface area contributed by atoms with E-state index in [9.17, 15) is 10.1 Å². The fourth-order valence-corrected chi connectivity index (χ4v) is 2.79. The SMILES string of the molecule is COC(=O)C(C)=C(C#N)c1ccc(O[Si](C)(C)C(C)(C)C)cc1. The van der Waals surface area contributed by atoms with Crippen molar-refractivity contribution >= 4 is 19.9 Å². The Kier molecular flexibility index (Phi) is 5.79. The number of nitriles is 1. The number of allylic oxidation sites excluding steroid dienone is 1. The van der Waals surface area contributed by atoms with Gasteiger partial charge in [-0.25, -0.2) is 4.79 Å². The molecule has 0 aliphatic carbocycles. The van der Waals surface area contributed by atoms with Crippen molar-refractivity contribution in [2.45, 2.75) is 45.8 Å². The van der Waals surface area contributed by atoms with Crippen molar-refractivity contribution in [1.82, 2.24) is 0 Å². The fourth-order valence-electron chi connectivity index (χ4n) is 1.76. The molecule has 0 aliphatic rings. The van der Waals surface area contributed by atoms with Gasteiger partial charge in [0.1, 0.15) is 11.8 Å². The predicted octanol–water partition coefficient (Wildman–Crippen LogP) is 4.54. The Morgan fingerprint density at radius 1 is 1.17 bits per heavy atom. The van der Waals surface area contributed by atoms with Crippen LogP contribution in [0.5, 0.6) is 5.75 Å². The first-order valence-electron chi connectivity index (χ1n) is 7.52. The average molecular weight is 331 g/mol. The van der Waals surface area contributed by atoms with E-state index in [1.165, 1.54) is 7.11 Å². The van der Waals surface area contributed by atoms with E-state index in [0.29, 0.717) is 16.7 Å². The number of methoxy groups -OCH3 is 1. The zero-order valence-electron chi connectivity index (χ0n) is 15.0. The Balaban J connectivity index is 3.10. The summed E-state index contributed by atoms with van der Waals surface area (Å²) in [7, 11) is -0.593. The van der Waals surface area contributed by atoms with Gasteiger partial charge in [0.15, 0.2) is 0 Å². The molecule has 23 heavy (non-hydrogen) atoms. The van der Waals surface area contributed by atoms with Crippen molar-refractivity contribution in [2.75, 3.05) is 7.11 Å². The topological polar surface area (TPSA) is 59.3 Å². The van der Waals surface area contributed by atoms with E-state index in [-0.39, 0.29) is 5.04 Å². The van der Waals surface area contributed by atoms with Gasteiger partial charge >= 0.3 is 5.97 Å². The second-order valence-corrected chi connectivity index (χ2v) is 11.7. The lowest BCUT2D eigenvalue weighted by atomic mass is 10.0. The molecular formula is C18H25NO3Si. The summed E-state index contributed by atoms with van der Waals surface area (Å²) < 4.78 is 10.9. The molecule has 0 N–H and O–H groups in total. The Morgan fingerprint density at radius 3 is 2.09 bits per heavy atom. The molecule has 0 amide bonds. The molecular weight excluding hydrogens is 306 g/mol. The highest BCUT2D eigenvalue weighted by atomic mass is 28.4. The molecule has 0 aliphatic heterocycles. The highest BCUT2D eigenvalue weighted by Gasteiger charge is 2.38. The number of carbonyl (C=O) groups is 1. The zero-order chi connectivity index (χ0) is 17.8. The van der Waals surface area contributed by atoms with E-state index in [0.717, 1.165) is 5.75 Å². The third-order valence-corrected chi connectivity index (χ3v) is 8.66. The molecule has 124 valence electrons. The summed E-state index contributed by atoms with van der Waals surface area (Å²) in [4.78, 5) is 11.6. The summed E-state index contributed by atoms with van der Waals surface area (Å²) in [6, 6.07) is 9.36. The molecule has 0 unspecified atom stereocenters. The lowest BCUT2D eigenvalue weighted by molar-refractivity contribution is -0.135. The van der Waals surface area contributed by atoms with E-state index in [1.807, 2.05) is 12.1 Å². The first-order chi connectivity index (χ1) is 10.5. The second kappa shape index (κ2) is 7.01. The first-order valence-corrected chi connectivity index (χ1v) is 10.4. The van der Waals surface area contributed by atoms with E-state index in [2.05, 4.69) is 44.7 Å². The van der Waals surface area contributed by atoms with Crippen LogP contribution in [0.2, 0.25) is 18.1 Å². The monoisotopic (exact) mass is 331 g/mol. The Labute approximate surface area is 139 Å². The number of hydrogen-bond donors (Lipinski definition) is 0. The Bertz CT molecular complexity index is 646. The molecule has 0 saturated heterocycles. The molecule has 1 aromatic carbocycles. The summed E-state index contributed by atoms with van der Waals surface area (Å²) in [5.74, 6) is 0.288. The predicted molar refractivity (Wildman–Crippen MR) is 94.5 cm³/mol. The molecule has 0 bridgehead atoms. The number of hydrogen-bond acceptors (Lipinski definition) is 4. The zero-order valence-corrected chi connectivity index (χ0v) is 16.0. The highest BCUT2D eigenvalue weighted by Crippen LogP contribution is 2.37. The minimum Gasteiger partial charge on any atom is -0.544 e. The van der Waals surface area contributed by atoms with Gasteiger partial charge in [-0.05, 0) is 42.8 Å². The fraction of sp³-hybridized carbons (Fsp3) is 0.444. The molecule has 0 aromatic heterocycles. The number of ether oxygens (including phenoxy) is 1. The maximum Gasteiger partial charge on any atom is 0.334 e. The van der Waals surface area contributed by atoms with Crippen LogP contribution in [0.3, 0.4) is 0 Å². The molecule has 0 fully saturated rings. The molecule has 4 nitrogen and oxygen atoms in total. The van der Waals surface area contributed by atoms with Crippen LogP contribution in [0.4, 0.5) is 0 Å². The van der Waals surface area contributed by atoms with Gasteiger partial charge in [-0.2, -0.15) is 5.26 Å². The van der Waals surface area contributed by atoms with Crippen LogP contribution in [0.15, 0.2) is 29.8 Å². The normalized spacial score (nSPS) is 13.0. The lowest BCUT2D eigenvalue weighted by Gasteiger charge is -2.36. The third kappa shape index (κ3) is 4.46. The van der Waals surface area contributed by atoms with Gasteiger partial charge in [0.05, 0.1) is 18.3 Å². The van der Waals surface area contributed by atoms with Gasteiger partial charge in [0.25, 0.3) is 0 Å². The standard InChI is InChI=1S/C18H25NO3Si/c1-13(17(20)21-5)16(12-19)14-8-10-15(11-9-14)22-23(6,7)18(2,3)4/h8-11H,1-7H3. The van der Waals surface area contributed by atoms with E-state index < -0.39 is 14.3 Å². The average Bonchev–Trinajstić information content (AvgIpc) is 2.47. The molecule has 0 heterocycles. The van der Waals surface area contributed by atoms with E-state index >= 15 is 0 Å². The molecule has 0 radical (unpaired) electrons. The van der Waals surface area contributed by atoms with Crippen molar-refractivity contribution in [3.05, 3.63) is 35.4 Å². The van der Waals surface area contributed by atoms with Crippen molar-refractivity contribution in [3.8, 4) is 11.8 Å². The molecule has 1 aromatic rings. The minimum atomic E-state index is -1.90. The highest BCUT2D eigenvalue weighted by molar-refractivity contribution is 6.74. The third-order valence-electron chi connectivity index (χ3n) is 4.30. The molecule has 0 spiro atoms. The molecule has 0 atom stereocenters. The maximum atomic E-state index is 11.6. The summed E-state index contributed by atoms with van der Waals surface area (Å²) >= 11 is 0. The van der Waals surface area contributed by atoms with Crippen molar-refractivity contribution < 1.29 is 14.0 Å². The van der Waals surface area contributed by atoms with Crippen LogP contribution >= 0.6 is 0 Å². The largest absolute Gasteiger partial charge is 0.544 e. The number of nitrogens with zero attached hydrogens (tertiary/aromatic N) is 1. The van der Waals surface area contributed by atoms with Crippen LogP contribution < -0.4 is 4.43 Å². The first kappa shape index (κ1) is 19.0. The second-order valence-electron chi connectivity index (χ2n) is 6.99. The maximum absolute atomic E-state index is 11.6. The van der Waals surface area contributed by atoms with Crippen LogP contribution in [0, 0.1) is 11.3 Å². The van der Waals surface area contributed by atoms with Gasteiger partial charge in [-0.15, -0.1) is 0 Å². The molecule has 1 rings (SSSR count). The van der Waals surface area contributed by atoms with Gasteiger partial charge in [-0.3, -0.25) is 0 Å². The summed E-state index contributed by atoms with van der Waals surface area (Å²) in [6.45, 7) is 12.5. The molecule has 5 heteroatoms. The van der Waals surface area contributed by atoms with E-state index in [4.69, 9.17) is 4.43 Å².